The third kappa shape index (κ3) is 4.74. The number of ether oxygens (including phenoxy) is 1. The van der Waals surface area contributed by atoms with Gasteiger partial charge in [-0.1, -0.05) is 28.1 Å². The highest BCUT2D eigenvalue weighted by Crippen LogP contribution is 2.24. The van der Waals surface area contributed by atoms with Crippen LogP contribution in [0.15, 0.2) is 28.7 Å². The van der Waals surface area contributed by atoms with Crippen molar-refractivity contribution >= 4 is 34.2 Å². The minimum Gasteiger partial charge on any atom is -0.370 e. The molecule has 2 rings (SSSR count). The van der Waals surface area contributed by atoms with E-state index in [1.165, 1.54) is 0 Å². The van der Waals surface area contributed by atoms with E-state index >= 15 is 0 Å². The van der Waals surface area contributed by atoms with Crippen LogP contribution >= 0.6 is 28.3 Å². The molecule has 2 N–H and O–H groups in total. The Labute approximate surface area is 134 Å². The zero-order valence-electron chi connectivity index (χ0n) is 11.4. The molecular formula is C14H20BrClN2O2. The molecule has 1 amide bonds. The molecule has 0 aliphatic carbocycles. The van der Waals surface area contributed by atoms with Gasteiger partial charge in [-0.25, -0.2) is 0 Å². The van der Waals surface area contributed by atoms with E-state index in [4.69, 9.17) is 10.5 Å². The van der Waals surface area contributed by atoms with Crippen LogP contribution in [0, 0.1) is 0 Å². The largest absolute Gasteiger partial charge is 0.370 e. The van der Waals surface area contributed by atoms with Gasteiger partial charge in [0.2, 0.25) is 5.91 Å². The molecule has 1 aliphatic rings. The molecule has 4 nitrogen and oxygen atoms in total. The predicted molar refractivity (Wildman–Crippen MR) is 84.9 cm³/mol. The van der Waals surface area contributed by atoms with E-state index in [0.717, 1.165) is 10.0 Å². The van der Waals surface area contributed by atoms with E-state index in [0.29, 0.717) is 26.1 Å². The molecule has 2 atom stereocenters. The summed E-state index contributed by atoms with van der Waals surface area (Å²) in [6.45, 7) is 3.68. The fraction of sp³-hybridized carbons (Fsp3) is 0.500. The monoisotopic (exact) mass is 362 g/mol. The van der Waals surface area contributed by atoms with Crippen molar-refractivity contribution in [2.75, 3.05) is 19.7 Å². The van der Waals surface area contributed by atoms with Gasteiger partial charge in [0.25, 0.3) is 0 Å². The third-order valence-corrected chi connectivity index (χ3v) is 3.69. The molecular weight excluding hydrogens is 344 g/mol. The Hall–Kier alpha value is -0.620. The summed E-state index contributed by atoms with van der Waals surface area (Å²) < 4.78 is 6.79. The van der Waals surface area contributed by atoms with Gasteiger partial charge in [0.15, 0.2) is 0 Å². The predicted octanol–water partition coefficient (Wildman–Crippen LogP) is 2.51. The van der Waals surface area contributed by atoms with Crippen molar-refractivity contribution in [3.8, 4) is 0 Å². The maximum atomic E-state index is 12.0. The summed E-state index contributed by atoms with van der Waals surface area (Å²) in [6.07, 6.45) is 0.353. The van der Waals surface area contributed by atoms with Crippen LogP contribution < -0.4 is 5.73 Å². The number of hydrogen-bond acceptors (Lipinski definition) is 3. The first-order chi connectivity index (χ1) is 9.06. The SMILES string of the molecule is CC(N)CC(=O)N1CCOC(c2ccc(Br)cc2)C1.Cl. The zero-order valence-corrected chi connectivity index (χ0v) is 13.8. The Morgan fingerprint density at radius 3 is 2.75 bits per heavy atom. The summed E-state index contributed by atoms with van der Waals surface area (Å²) in [4.78, 5) is 13.9. The van der Waals surface area contributed by atoms with Gasteiger partial charge in [-0.3, -0.25) is 4.79 Å². The van der Waals surface area contributed by atoms with Gasteiger partial charge in [0.1, 0.15) is 6.10 Å². The molecule has 112 valence electrons. The second-order valence-corrected chi connectivity index (χ2v) is 5.85. The molecule has 20 heavy (non-hydrogen) atoms. The first kappa shape index (κ1) is 17.4. The van der Waals surface area contributed by atoms with Crippen LogP contribution in [0.4, 0.5) is 0 Å². The van der Waals surface area contributed by atoms with Crippen LogP contribution in [0.25, 0.3) is 0 Å². The average molecular weight is 364 g/mol. The molecule has 1 aliphatic heterocycles. The molecule has 0 spiro atoms. The maximum Gasteiger partial charge on any atom is 0.224 e. The summed E-state index contributed by atoms with van der Waals surface area (Å²) in [5.74, 6) is 0.111. The molecule has 1 heterocycles. The van der Waals surface area contributed by atoms with Crippen molar-refractivity contribution in [1.82, 2.24) is 4.90 Å². The van der Waals surface area contributed by atoms with Crippen LogP contribution in [0.2, 0.25) is 0 Å². The molecule has 1 saturated heterocycles. The topological polar surface area (TPSA) is 55.6 Å². The smallest absolute Gasteiger partial charge is 0.224 e. The van der Waals surface area contributed by atoms with Crippen LogP contribution in [0.1, 0.15) is 25.0 Å². The second kappa shape index (κ2) is 7.98. The maximum absolute atomic E-state index is 12.0. The fourth-order valence-electron chi connectivity index (χ4n) is 2.16. The third-order valence-electron chi connectivity index (χ3n) is 3.16. The second-order valence-electron chi connectivity index (χ2n) is 4.93. The Kier molecular flexibility index (Phi) is 6.95. The van der Waals surface area contributed by atoms with E-state index < -0.39 is 0 Å². The molecule has 0 radical (unpaired) electrons. The number of morpholine rings is 1. The summed E-state index contributed by atoms with van der Waals surface area (Å²) in [6, 6.07) is 7.92. The first-order valence-corrected chi connectivity index (χ1v) is 7.26. The van der Waals surface area contributed by atoms with Crippen LogP contribution in [0.3, 0.4) is 0 Å². The summed E-state index contributed by atoms with van der Waals surface area (Å²) in [7, 11) is 0. The summed E-state index contributed by atoms with van der Waals surface area (Å²) in [5.41, 5.74) is 6.78. The molecule has 0 bridgehead atoms. The van der Waals surface area contributed by atoms with Crippen molar-refractivity contribution < 1.29 is 9.53 Å². The van der Waals surface area contributed by atoms with Crippen LogP contribution in [-0.4, -0.2) is 36.5 Å². The number of nitrogens with two attached hydrogens (primary N) is 1. The number of hydrogen-bond donors (Lipinski definition) is 1. The van der Waals surface area contributed by atoms with Crippen LogP contribution in [0.5, 0.6) is 0 Å². The average Bonchev–Trinajstić information content (AvgIpc) is 2.39. The molecule has 0 saturated carbocycles. The minimum atomic E-state index is -0.0959. The van der Waals surface area contributed by atoms with Crippen LogP contribution in [-0.2, 0) is 9.53 Å². The molecule has 6 heteroatoms. The van der Waals surface area contributed by atoms with Gasteiger partial charge >= 0.3 is 0 Å². The van der Waals surface area contributed by atoms with Gasteiger partial charge in [-0.2, -0.15) is 0 Å². The number of nitrogens with zero attached hydrogens (tertiary/aromatic N) is 1. The van der Waals surface area contributed by atoms with E-state index in [9.17, 15) is 4.79 Å². The first-order valence-electron chi connectivity index (χ1n) is 6.46. The van der Waals surface area contributed by atoms with Gasteiger partial charge in [0.05, 0.1) is 13.2 Å². The fourth-order valence-corrected chi connectivity index (χ4v) is 2.42. The summed E-state index contributed by atoms with van der Waals surface area (Å²) in [5, 5.41) is 0. The number of rotatable bonds is 3. The Morgan fingerprint density at radius 1 is 1.50 bits per heavy atom. The van der Waals surface area contributed by atoms with Gasteiger partial charge in [-0.15, -0.1) is 12.4 Å². The quantitative estimate of drug-likeness (QED) is 0.898. The van der Waals surface area contributed by atoms with E-state index in [-0.39, 0.29) is 30.5 Å². The molecule has 1 fully saturated rings. The Bertz CT molecular complexity index is 439. The molecule has 2 unspecified atom stereocenters. The molecule has 1 aromatic carbocycles. The minimum absolute atomic E-state index is 0. The zero-order chi connectivity index (χ0) is 13.8. The van der Waals surface area contributed by atoms with Crippen molar-refractivity contribution in [2.24, 2.45) is 5.73 Å². The Morgan fingerprint density at radius 2 is 2.15 bits per heavy atom. The lowest BCUT2D eigenvalue weighted by molar-refractivity contribution is -0.139. The van der Waals surface area contributed by atoms with E-state index in [1.54, 1.807) is 0 Å². The molecule has 0 aromatic heterocycles. The number of benzene rings is 1. The molecule has 1 aromatic rings. The lowest BCUT2D eigenvalue weighted by atomic mass is 10.1. The summed E-state index contributed by atoms with van der Waals surface area (Å²) >= 11 is 3.41. The Balaban J connectivity index is 0.00000200. The lowest BCUT2D eigenvalue weighted by Gasteiger charge is -2.33. The number of amides is 1. The highest BCUT2D eigenvalue weighted by molar-refractivity contribution is 9.10. The van der Waals surface area contributed by atoms with Crippen molar-refractivity contribution in [3.05, 3.63) is 34.3 Å². The van der Waals surface area contributed by atoms with Gasteiger partial charge in [-0.05, 0) is 24.6 Å². The van der Waals surface area contributed by atoms with E-state index in [1.807, 2.05) is 36.1 Å². The lowest BCUT2D eigenvalue weighted by Crippen LogP contribution is -2.43. The normalized spacial score (nSPS) is 20.1. The number of halogens is 2. The van der Waals surface area contributed by atoms with Crippen molar-refractivity contribution in [1.29, 1.82) is 0 Å². The van der Waals surface area contributed by atoms with Gasteiger partial charge < -0.3 is 15.4 Å². The highest BCUT2D eigenvalue weighted by Gasteiger charge is 2.25. The highest BCUT2D eigenvalue weighted by atomic mass is 79.9. The number of carbonyl (C=O) groups is 1. The van der Waals surface area contributed by atoms with E-state index in [2.05, 4.69) is 15.9 Å². The van der Waals surface area contributed by atoms with Crippen molar-refractivity contribution in [2.45, 2.75) is 25.5 Å². The standard InChI is InChI=1S/C14H19BrN2O2.ClH/c1-10(16)8-14(18)17-6-7-19-13(9-17)11-2-4-12(15)5-3-11;/h2-5,10,13H,6-9,16H2,1H3;1H. The van der Waals surface area contributed by atoms with Crippen molar-refractivity contribution in [3.63, 3.8) is 0 Å². The number of carbonyl (C=O) groups excluding carboxylic acids is 1. The van der Waals surface area contributed by atoms with Gasteiger partial charge in [0, 0.05) is 23.5 Å².